The summed E-state index contributed by atoms with van der Waals surface area (Å²) in [5.74, 6) is 1.87. The number of hydrogen-bond donors (Lipinski definition) is 1. The molecule has 1 saturated carbocycles. The molecule has 1 N–H and O–H groups in total. The molecule has 3 rings (SSSR count). The summed E-state index contributed by atoms with van der Waals surface area (Å²) < 4.78 is 5.64. The van der Waals surface area contributed by atoms with Crippen LogP contribution in [0.1, 0.15) is 37.0 Å². The van der Waals surface area contributed by atoms with Gasteiger partial charge in [-0.05, 0) is 37.0 Å². The van der Waals surface area contributed by atoms with Crippen molar-refractivity contribution >= 4 is 16.7 Å². The number of aromatic amines is 1. The first-order valence-corrected chi connectivity index (χ1v) is 6.99. The van der Waals surface area contributed by atoms with Crippen LogP contribution in [0.2, 0.25) is 0 Å². The standard InChI is InChI=1S/C16H19NO2/c1-3-6-19-11-4-5-15-13(8-11)14(9-17-15)16(18)12-7-10(12)2/h4-5,8-10,12,17H,3,6-7H2,1-2H3. The van der Waals surface area contributed by atoms with Gasteiger partial charge in [0.1, 0.15) is 5.75 Å². The van der Waals surface area contributed by atoms with Crippen LogP contribution in [0.25, 0.3) is 10.9 Å². The Kier molecular flexibility index (Phi) is 3.05. The van der Waals surface area contributed by atoms with Crippen LogP contribution in [-0.2, 0) is 0 Å². The number of fused-ring (bicyclic) bond motifs is 1. The zero-order valence-electron chi connectivity index (χ0n) is 11.4. The van der Waals surface area contributed by atoms with Crippen LogP contribution >= 0.6 is 0 Å². The summed E-state index contributed by atoms with van der Waals surface area (Å²) in [6, 6.07) is 5.90. The minimum atomic E-state index is 0.221. The number of benzene rings is 1. The Morgan fingerprint density at radius 1 is 1.47 bits per heavy atom. The summed E-state index contributed by atoms with van der Waals surface area (Å²) in [5.41, 5.74) is 1.81. The molecule has 2 aromatic rings. The zero-order valence-corrected chi connectivity index (χ0v) is 11.4. The van der Waals surface area contributed by atoms with E-state index in [4.69, 9.17) is 4.74 Å². The number of rotatable bonds is 5. The van der Waals surface area contributed by atoms with Gasteiger partial charge in [0.25, 0.3) is 0 Å². The highest BCUT2D eigenvalue weighted by atomic mass is 16.5. The lowest BCUT2D eigenvalue weighted by Gasteiger charge is -2.05. The van der Waals surface area contributed by atoms with E-state index in [1.807, 2.05) is 24.4 Å². The number of carbonyl (C=O) groups excluding carboxylic acids is 1. The SMILES string of the molecule is CCCOc1ccc2[nH]cc(C(=O)C3CC3C)c2c1. The summed E-state index contributed by atoms with van der Waals surface area (Å²) in [6.45, 7) is 4.92. The molecule has 0 saturated heterocycles. The van der Waals surface area contributed by atoms with Crippen LogP contribution < -0.4 is 4.74 Å². The summed E-state index contributed by atoms with van der Waals surface area (Å²) in [6.07, 6.45) is 3.84. The average molecular weight is 257 g/mol. The van der Waals surface area contributed by atoms with E-state index in [1.54, 1.807) is 0 Å². The van der Waals surface area contributed by atoms with Crippen molar-refractivity contribution in [2.45, 2.75) is 26.7 Å². The highest BCUT2D eigenvalue weighted by Gasteiger charge is 2.40. The smallest absolute Gasteiger partial charge is 0.168 e. The molecule has 3 nitrogen and oxygen atoms in total. The molecule has 0 aliphatic heterocycles. The minimum Gasteiger partial charge on any atom is -0.494 e. The lowest BCUT2D eigenvalue weighted by molar-refractivity contribution is 0.0964. The predicted octanol–water partition coefficient (Wildman–Crippen LogP) is 3.80. The number of nitrogens with one attached hydrogen (secondary N) is 1. The molecule has 1 aromatic heterocycles. The highest BCUT2D eigenvalue weighted by molar-refractivity contribution is 6.10. The van der Waals surface area contributed by atoms with E-state index in [-0.39, 0.29) is 11.7 Å². The van der Waals surface area contributed by atoms with Crippen LogP contribution in [-0.4, -0.2) is 17.4 Å². The molecule has 1 fully saturated rings. The molecule has 1 aliphatic carbocycles. The Bertz CT molecular complexity index is 614. The number of carbonyl (C=O) groups is 1. The molecule has 0 bridgehead atoms. The van der Waals surface area contributed by atoms with Gasteiger partial charge < -0.3 is 9.72 Å². The maximum Gasteiger partial charge on any atom is 0.168 e. The van der Waals surface area contributed by atoms with E-state index < -0.39 is 0 Å². The Hall–Kier alpha value is -1.77. The average Bonchev–Trinajstić information content (AvgIpc) is 3.00. The van der Waals surface area contributed by atoms with Gasteiger partial charge >= 0.3 is 0 Å². The quantitative estimate of drug-likeness (QED) is 0.828. The van der Waals surface area contributed by atoms with E-state index in [2.05, 4.69) is 18.8 Å². The van der Waals surface area contributed by atoms with Gasteiger partial charge in [0.15, 0.2) is 5.78 Å². The second kappa shape index (κ2) is 4.72. The number of ketones is 1. The van der Waals surface area contributed by atoms with Crippen molar-refractivity contribution in [1.29, 1.82) is 0 Å². The lowest BCUT2D eigenvalue weighted by Crippen LogP contribution is -2.02. The number of hydrogen-bond acceptors (Lipinski definition) is 2. The fourth-order valence-corrected chi connectivity index (χ4v) is 2.50. The first kappa shape index (κ1) is 12.3. The number of ether oxygens (including phenoxy) is 1. The molecule has 1 heterocycles. The van der Waals surface area contributed by atoms with Crippen LogP contribution in [0, 0.1) is 11.8 Å². The summed E-state index contributed by atoms with van der Waals surface area (Å²) >= 11 is 0. The van der Waals surface area contributed by atoms with Gasteiger partial charge in [0.05, 0.1) is 6.61 Å². The van der Waals surface area contributed by atoms with Crippen molar-refractivity contribution in [2.24, 2.45) is 11.8 Å². The Morgan fingerprint density at radius 2 is 2.26 bits per heavy atom. The van der Waals surface area contributed by atoms with Gasteiger partial charge in [-0.3, -0.25) is 4.79 Å². The van der Waals surface area contributed by atoms with Crippen molar-refractivity contribution in [3.63, 3.8) is 0 Å². The van der Waals surface area contributed by atoms with E-state index in [1.165, 1.54) is 0 Å². The largest absolute Gasteiger partial charge is 0.494 e. The fourth-order valence-electron chi connectivity index (χ4n) is 2.50. The molecule has 100 valence electrons. The third-order valence-corrected chi connectivity index (χ3v) is 3.84. The number of H-pyrrole nitrogens is 1. The third-order valence-electron chi connectivity index (χ3n) is 3.84. The summed E-state index contributed by atoms with van der Waals surface area (Å²) in [7, 11) is 0. The highest BCUT2D eigenvalue weighted by Crippen LogP contribution is 2.41. The Morgan fingerprint density at radius 3 is 2.95 bits per heavy atom. The van der Waals surface area contributed by atoms with E-state index >= 15 is 0 Å². The van der Waals surface area contributed by atoms with Gasteiger partial charge in [-0.1, -0.05) is 13.8 Å². The number of Topliss-reactive ketones (excluding diaryl/α,β-unsaturated/α-hetero) is 1. The second-order valence-electron chi connectivity index (χ2n) is 5.44. The monoisotopic (exact) mass is 257 g/mol. The normalized spacial score (nSPS) is 21.6. The summed E-state index contributed by atoms with van der Waals surface area (Å²) in [5, 5.41) is 0.984. The van der Waals surface area contributed by atoms with Crippen molar-refractivity contribution in [2.75, 3.05) is 6.61 Å². The third kappa shape index (κ3) is 2.25. The molecule has 0 spiro atoms. The van der Waals surface area contributed by atoms with Gasteiger partial charge in [-0.25, -0.2) is 0 Å². The first-order chi connectivity index (χ1) is 9.20. The Labute approximate surface area is 113 Å². The second-order valence-corrected chi connectivity index (χ2v) is 5.44. The van der Waals surface area contributed by atoms with Crippen molar-refractivity contribution in [1.82, 2.24) is 4.98 Å². The van der Waals surface area contributed by atoms with Crippen LogP contribution in [0.15, 0.2) is 24.4 Å². The maximum absolute atomic E-state index is 12.4. The van der Waals surface area contributed by atoms with Crippen molar-refractivity contribution in [3.05, 3.63) is 30.0 Å². The van der Waals surface area contributed by atoms with E-state index in [0.29, 0.717) is 12.5 Å². The fraction of sp³-hybridized carbons (Fsp3) is 0.438. The van der Waals surface area contributed by atoms with Crippen molar-refractivity contribution < 1.29 is 9.53 Å². The van der Waals surface area contributed by atoms with E-state index in [9.17, 15) is 4.79 Å². The topological polar surface area (TPSA) is 42.1 Å². The summed E-state index contributed by atoms with van der Waals surface area (Å²) in [4.78, 5) is 15.5. The molecular formula is C16H19NO2. The molecular weight excluding hydrogens is 238 g/mol. The van der Waals surface area contributed by atoms with Crippen molar-refractivity contribution in [3.8, 4) is 5.75 Å². The molecule has 19 heavy (non-hydrogen) atoms. The molecule has 1 aliphatic rings. The maximum atomic E-state index is 12.4. The van der Waals surface area contributed by atoms with Crippen LogP contribution in [0.5, 0.6) is 5.75 Å². The van der Waals surface area contributed by atoms with Gasteiger partial charge in [0.2, 0.25) is 0 Å². The molecule has 1 aromatic carbocycles. The molecule has 0 amide bonds. The number of aromatic nitrogens is 1. The van der Waals surface area contributed by atoms with Gasteiger partial charge in [0, 0.05) is 28.6 Å². The first-order valence-electron chi connectivity index (χ1n) is 6.99. The Balaban J connectivity index is 1.93. The molecule has 2 unspecified atom stereocenters. The lowest BCUT2D eigenvalue weighted by atomic mass is 10.1. The van der Waals surface area contributed by atoms with E-state index in [0.717, 1.165) is 35.1 Å². The molecule has 3 heteroatoms. The predicted molar refractivity (Wildman–Crippen MR) is 75.7 cm³/mol. The van der Waals surface area contributed by atoms with Crippen LogP contribution in [0.4, 0.5) is 0 Å². The zero-order chi connectivity index (χ0) is 13.4. The van der Waals surface area contributed by atoms with Crippen LogP contribution in [0.3, 0.4) is 0 Å². The van der Waals surface area contributed by atoms with Gasteiger partial charge in [-0.15, -0.1) is 0 Å². The molecule has 0 radical (unpaired) electrons. The van der Waals surface area contributed by atoms with Gasteiger partial charge in [-0.2, -0.15) is 0 Å². The molecule has 2 atom stereocenters. The minimum absolute atomic E-state index is 0.221.